The molecule has 0 radical (unpaired) electrons. The van der Waals surface area contributed by atoms with Gasteiger partial charge in [0, 0.05) is 9.13 Å². The monoisotopic (exact) mass is 374 g/mol. The van der Waals surface area contributed by atoms with E-state index in [4.69, 9.17) is 5.84 Å². The summed E-state index contributed by atoms with van der Waals surface area (Å²) in [7, 11) is 0. The van der Waals surface area contributed by atoms with Crippen LogP contribution in [0.15, 0.2) is 36.4 Å². The van der Waals surface area contributed by atoms with Gasteiger partial charge >= 0.3 is 0 Å². The van der Waals surface area contributed by atoms with Crippen LogP contribution in [0, 0.1) is 22.1 Å². The van der Waals surface area contributed by atoms with Crippen molar-refractivity contribution in [1.82, 2.24) is 5.43 Å². The largest absolute Gasteiger partial charge is 0.271 e. The van der Waals surface area contributed by atoms with E-state index in [-0.39, 0.29) is 11.1 Å². The lowest BCUT2D eigenvalue weighted by atomic mass is 9.97. The number of hydrogen-bond acceptors (Lipinski definition) is 2. The van der Waals surface area contributed by atoms with Crippen molar-refractivity contribution in [3.63, 3.8) is 0 Å². The summed E-state index contributed by atoms with van der Waals surface area (Å²) in [6, 6.07) is 9.99. The van der Waals surface area contributed by atoms with Crippen LogP contribution in [0.1, 0.15) is 22.7 Å². The number of hydrazine groups is 1. The van der Waals surface area contributed by atoms with Gasteiger partial charge < -0.3 is 0 Å². The van der Waals surface area contributed by atoms with Crippen LogP contribution in [0.25, 0.3) is 0 Å². The van der Waals surface area contributed by atoms with Gasteiger partial charge in [-0.25, -0.2) is 14.2 Å². The van der Waals surface area contributed by atoms with Crippen LogP contribution >= 0.6 is 22.6 Å². The number of hydrogen-bond donors (Lipinski definition) is 2. The van der Waals surface area contributed by atoms with Gasteiger partial charge in [0.15, 0.2) is 11.6 Å². The van der Waals surface area contributed by atoms with Gasteiger partial charge in [-0.3, -0.25) is 5.84 Å². The summed E-state index contributed by atoms with van der Waals surface area (Å²) in [5.74, 6) is 3.81. The molecule has 5 heteroatoms. The second-order valence-electron chi connectivity index (χ2n) is 4.25. The zero-order valence-corrected chi connectivity index (χ0v) is 12.4. The predicted molar refractivity (Wildman–Crippen MR) is 79.4 cm³/mol. The molecule has 0 aromatic heterocycles. The molecule has 3 N–H and O–H groups in total. The Balaban J connectivity index is 2.51. The fraction of sp³-hybridized carbons (Fsp3) is 0.143. The molecule has 2 rings (SSSR count). The third kappa shape index (κ3) is 2.93. The third-order valence-corrected chi connectivity index (χ3v) is 3.64. The Morgan fingerprint density at radius 3 is 2.53 bits per heavy atom. The second-order valence-corrected chi connectivity index (χ2v) is 5.50. The minimum Gasteiger partial charge on any atom is -0.271 e. The lowest BCUT2D eigenvalue weighted by molar-refractivity contribution is 0.478. The van der Waals surface area contributed by atoms with Crippen molar-refractivity contribution in [1.29, 1.82) is 0 Å². The first-order valence-corrected chi connectivity index (χ1v) is 6.78. The minimum atomic E-state index is -0.859. The summed E-state index contributed by atoms with van der Waals surface area (Å²) < 4.78 is 28.7. The lowest BCUT2D eigenvalue weighted by Crippen LogP contribution is -2.29. The van der Waals surface area contributed by atoms with Gasteiger partial charge in [0.1, 0.15) is 0 Å². The maximum atomic E-state index is 14.0. The first-order chi connectivity index (χ1) is 9.04. The van der Waals surface area contributed by atoms with Crippen LogP contribution in [0.3, 0.4) is 0 Å². The molecule has 1 unspecified atom stereocenters. The normalized spacial score (nSPS) is 12.5. The quantitative estimate of drug-likeness (QED) is 0.491. The Morgan fingerprint density at radius 1 is 1.16 bits per heavy atom. The van der Waals surface area contributed by atoms with Crippen LogP contribution in [0.5, 0.6) is 0 Å². The van der Waals surface area contributed by atoms with Crippen LogP contribution in [-0.4, -0.2) is 0 Å². The standard InChI is InChI=1S/C14H13F2IN2/c1-8-5-6-11(13(16)12(8)15)14(19-18)9-3-2-4-10(17)7-9/h2-7,14,19H,18H2,1H3. The highest BCUT2D eigenvalue weighted by atomic mass is 127. The molecule has 0 aliphatic carbocycles. The first kappa shape index (κ1) is 14.4. The average Bonchev–Trinajstić information content (AvgIpc) is 2.40. The van der Waals surface area contributed by atoms with Crippen molar-refractivity contribution >= 4 is 22.6 Å². The van der Waals surface area contributed by atoms with E-state index in [0.29, 0.717) is 0 Å². The number of halogens is 3. The molecule has 2 nitrogen and oxygen atoms in total. The van der Waals surface area contributed by atoms with Crippen molar-refractivity contribution in [3.05, 3.63) is 68.3 Å². The van der Waals surface area contributed by atoms with E-state index in [0.717, 1.165) is 9.13 Å². The Labute approximate surface area is 124 Å². The molecule has 0 saturated carbocycles. The molecular formula is C14H13F2IN2. The molecule has 0 saturated heterocycles. The highest BCUT2D eigenvalue weighted by Gasteiger charge is 2.20. The Kier molecular flexibility index (Phi) is 4.49. The number of aryl methyl sites for hydroxylation is 1. The molecule has 0 heterocycles. The van der Waals surface area contributed by atoms with E-state index in [1.54, 1.807) is 12.1 Å². The number of nitrogens with one attached hydrogen (secondary N) is 1. The van der Waals surface area contributed by atoms with Gasteiger partial charge in [-0.05, 0) is 52.8 Å². The molecule has 0 amide bonds. The van der Waals surface area contributed by atoms with E-state index in [1.807, 2.05) is 24.3 Å². The summed E-state index contributed by atoms with van der Waals surface area (Å²) in [5, 5.41) is 0. The van der Waals surface area contributed by atoms with Gasteiger partial charge in [-0.2, -0.15) is 0 Å². The maximum Gasteiger partial charge on any atom is 0.164 e. The predicted octanol–water partition coefficient (Wildman–Crippen LogP) is 3.43. The number of rotatable bonds is 3. The average molecular weight is 374 g/mol. The van der Waals surface area contributed by atoms with Crippen LogP contribution in [0.2, 0.25) is 0 Å². The van der Waals surface area contributed by atoms with Gasteiger partial charge in [-0.1, -0.05) is 24.3 Å². The lowest BCUT2D eigenvalue weighted by Gasteiger charge is -2.18. The molecule has 0 bridgehead atoms. The van der Waals surface area contributed by atoms with E-state index in [9.17, 15) is 8.78 Å². The highest BCUT2D eigenvalue weighted by molar-refractivity contribution is 14.1. The second kappa shape index (κ2) is 5.94. The van der Waals surface area contributed by atoms with Gasteiger partial charge in [0.25, 0.3) is 0 Å². The van der Waals surface area contributed by atoms with E-state index >= 15 is 0 Å². The molecule has 0 aliphatic heterocycles. The number of benzene rings is 2. The van der Waals surface area contributed by atoms with E-state index in [2.05, 4.69) is 28.0 Å². The van der Waals surface area contributed by atoms with Gasteiger partial charge in [-0.15, -0.1) is 0 Å². The third-order valence-electron chi connectivity index (χ3n) is 2.96. The Morgan fingerprint density at radius 2 is 1.89 bits per heavy atom. The summed E-state index contributed by atoms with van der Waals surface area (Å²) in [6.45, 7) is 1.53. The SMILES string of the molecule is Cc1ccc(C(NN)c2cccc(I)c2)c(F)c1F. The highest BCUT2D eigenvalue weighted by Crippen LogP contribution is 2.27. The van der Waals surface area contributed by atoms with Gasteiger partial charge in [0.2, 0.25) is 0 Å². The van der Waals surface area contributed by atoms with Crippen LogP contribution < -0.4 is 11.3 Å². The van der Waals surface area contributed by atoms with Crippen LogP contribution in [0.4, 0.5) is 8.78 Å². The number of nitrogens with two attached hydrogens (primary N) is 1. The summed E-state index contributed by atoms with van der Waals surface area (Å²) in [5.41, 5.74) is 3.81. The zero-order valence-electron chi connectivity index (χ0n) is 10.3. The summed E-state index contributed by atoms with van der Waals surface area (Å²) >= 11 is 2.16. The maximum absolute atomic E-state index is 14.0. The molecule has 0 aliphatic rings. The fourth-order valence-corrected chi connectivity index (χ4v) is 2.50. The van der Waals surface area contributed by atoms with E-state index in [1.165, 1.54) is 6.92 Å². The van der Waals surface area contributed by atoms with Crippen molar-refractivity contribution in [2.75, 3.05) is 0 Å². The van der Waals surface area contributed by atoms with Crippen molar-refractivity contribution in [3.8, 4) is 0 Å². The molecule has 2 aromatic carbocycles. The van der Waals surface area contributed by atoms with Gasteiger partial charge in [0.05, 0.1) is 6.04 Å². The molecule has 0 spiro atoms. The van der Waals surface area contributed by atoms with Crippen molar-refractivity contribution in [2.45, 2.75) is 13.0 Å². The zero-order chi connectivity index (χ0) is 14.0. The summed E-state index contributed by atoms with van der Waals surface area (Å²) in [6.07, 6.45) is 0. The molecule has 19 heavy (non-hydrogen) atoms. The topological polar surface area (TPSA) is 38.0 Å². The Hall–Kier alpha value is -1.05. The summed E-state index contributed by atoms with van der Waals surface area (Å²) in [4.78, 5) is 0. The molecule has 2 aromatic rings. The van der Waals surface area contributed by atoms with Crippen molar-refractivity contribution < 1.29 is 8.78 Å². The van der Waals surface area contributed by atoms with Crippen molar-refractivity contribution in [2.24, 2.45) is 5.84 Å². The fourth-order valence-electron chi connectivity index (χ4n) is 1.94. The molecule has 100 valence electrons. The van der Waals surface area contributed by atoms with E-state index < -0.39 is 17.7 Å². The molecule has 1 atom stereocenters. The molecular weight excluding hydrogens is 361 g/mol. The smallest absolute Gasteiger partial charge is 0.164 e. The Bertz CT molecular complexity index is 602. The van der Waals surface area contributed by atoms with Crippen LogP contribution in [-0.2, 0) is 0 Å². The minimum absolute atomic E-state index is 0.201. The first-order valence-electron chi connectivity index (χ1n) is 5.70. The molecule has 0 fully saturated rings.